The zero-order valence-electron chi connectivity index (χ0n) is 15.4. The lowest BCUT2D eigenvalue weighted by Gasteiger charge is -2.25. The van der Waals surface area contributed by atoms with E-state index in [1.165, 1.54) is 0 Å². The average Bonchev–Trinajstić information content (AvgIpc) is 2.67. The maximum atomic E-state index is 12.6. The second kappa shape index (κ2) is 8.54. The number of rotatable bonds is 6. The van der Waals surface area contributed by atoms with Crippen LogP contribution in [0.2, 0.25) is 0 Å². The molecule has 2 aromatic carbocycles. The van der Waals surface area contributed by atoms with Gasteiger partial charge in [-0.2, -0.15) is 4.31 Å². The Morgan fingerprint density at radius 3 is 2.37 bits per heavy atom. The van der Waals surface area contributed by atoms with Gasteiger partial charge in [0.25, 0.3) is 0 Å². The highest BCUT2D eigenvalue weighted by atomic mass is 32.2. The molecule has 7 heteroatoms. The fourth-order valence-electron chi connectivity index (χ4n) is 3.11. The number of sulfonamides is 1. The molecule has 27 heavy (non-hydrogen) atoms. The number of nitrogens with one attached hydrogen (secondary N) is 2. The summed E-state index contributed by atoms with van der Waals surface area (Å²) in [4.78, 5) is 12.3. The second-order valence-electron chi connectivity index (χ2n) is 6.76. The van der Waals surface area contributed by atoms with Crippen LogP contribution in [0.3, 0.4) is 0 Å². The molecule has 1 aliphatic rings. The predicted octanol–water partition coefficient (Wildman–Crippen LogP) is 3.22. The van der Waals surface area contributed by atoms with Gasteiger partial charge in [0.05, 0.1) is 11.4 Å². The van der Waals surface area contributed by atoms with Crippen LogP contribution in [0.15, 0.2) is 53.4 Å². The van der Waals surface area contributed by atoms with E-state index in [-0.39, 0.29) is 12.5 Å². The van der Waals surface area contributed by atoms with Gasteiger partial charge >= 0.3 is 0 Å². The van der Waals surface area contributed by atoms with Crippen LogP contribution in [-0.2, 0) is 14.8 Å². The summed E-state index contributed by atoms with van der Waals surface area (Å²) in [7, 11) is -3.43. The Morgan fingerprint density at radius 2 is 1.70 bits per heavy atom. The van der Waals surface area contributed by atoms with Gasteiger partial charge in [0, 0.05) is 24.5 Å². The van der Waals surface area contributed by atoms with Crippen molar-refractivity contribution in [1.29, 1.82) is 0 Å². The Kier molecular flexibility index (Phi) is 6.13. The van der Waals surface area contributed by atoms with Gasteiger partial charge in [0.15, 0.2) is 0 Å². The molecule has 0 radical (unpaired) electrons. The van der Waals surface area contributed by atoms with Gasteiger partial charge in [-0.3, -0.25) is 4.79 Å². The number of hydrogen-bond donors (Lipinski definition) is 2. The third-order valence-electron chi connectivity index (χ3n) is 4.56. The minimum absolute atomic E-state index is 0.103. The monoisotopic (exact) mass is 387 g/mol. The highest BCUT2D eigenvalue weighted by molar-refractivity contribution is 7.89. The summed E-state index contributed by atoms with van der Waals surface area (Å²) >= 11 is 0. The first-order valence-electron chi connectivity index (χ1n) is 9.16. The fourth-order valence-corrected chi connectivity index (χ4v) is 4.63. The summed E-state index contributed by atoms with van der Waals surface area (Å²) in [5.74, 6) is -0.161. The van der Waals surface area contributed by atoms with E-state index in [1.807, 2.05) is 31.2 Å². The molecule has 1 aliphatic heterocycles. The third kappa shape index (κ3) is 5.08. The molecule has 0 aliphatic carbocycles. The van der Waals surface area contributed by atoms with Crippen molar-refractivity contribution in [2.24, 2.45) is 0 Å². The standard InChI is InChI=1S/C20H25N3O3S/c1-16-6-5-7-18(14-16)22-20(24)15-21-17-8-10-19(11-9-17)27(25,26)23-12-3-2-4-13-23/h5-11,14,21H,2-4,12-13,15H2,1H3,(H,22,24). The van der Waals surface area contributed by atoms with Gasteiger partial charge in [-0.05, 0) is 61.7 Å². The van der Waals surface area contributed by atoms with E-state index in [9.17, 15) is 13.2 Å². The lowest BCUT2D eigenvalue weighted by Crippen LogP contribution is -2.35. The van der Waals surface area contributed by atoms with Gasteiger partial charge in [0.1, 0.15) is 0 Å². The predicted molar refractivity (Wildman–Crippen MR) is 107 cm³/mol. The number of piperidine rings is 1. The molecule has 2 N–H and O–H groups in total. The molecule has 0 saturated carbocycles. The molecule has 1 saturated heterocycles. The molecule has 0 unspecified atom stereocenters. The largest absolute Gasteiger partial charge is 0.376 e. The number of aryl methyl sites for hydroxylation is 1. The zero-order valence-corrected chi connectivity index (χ0v) is 16.3. The molecule has 0 aromatic heterocycles. The van der Waals surface area contributed by atoms with Crippen LogP contribution in [-0.4, -0.2) is 38.3 Å². The molecule has 1 heterocycles. The molecular formula is C20H25N3O3S. The molecule has 2 aromatic rings. The number of carbonyl (C=O) groups excluding carboxylic acids is 1. The van der Waals surface area contributed by atoms with Crippen molar-refractivity contribution in [2.75, 3.05) is 30.3 Å². The first-order chi connectivity index (χ1) is 12.9. The van der Waals surface area contributed by atoms with Crippen molar-refractivity contribution in [3.05, 3.63) is 54.1 Å². The number of anilines is 2. The van der Waals surface area contributed by atoms with Gasteiger partial charge < -0.3 is 10.6 Å². The number of benzene rings is 2. The van der Waals surface area contributed by atoms with E-state index >= 15 is 0 Å². The second-order valence-corrected chi connectivity index (χ2v) is 8.70. The van der Waals surface area contributed by atoms with Gasteiger partial charge in [0.2, 0.25) is 15.9 Å². The van der Waals surface area contributed by atoms with E-state index < -0.39 is 10.0 Å². The Labute approximate surface area is 160 Å². The van der Waals surface area contributed by atoms with E-state index in [0.717, 1.165) is 30.5 Å². The molecule has 144 valence electrons. The van der Waals surface area contributed by atoms with Crippen LogP contribution in [0.5, 0.6) is 0 Å². The van der Waals surface area contributed by atoms with E-state index in [4.69, 9.17) is 0 Å². The van der Waals surface area contributed by atoms with E-state index in [1.54, 1.807) is 28.6 Å². The van der Waals surface area contributed by atoms with Crippen molar-refractivity contribution in [1.82, 2.24) is 4.31 Å². The topological polar surface area (TPSA) is 78.5 Å². The summed E-state index contributed by atoms with van der Waals surface area (Å²) in [6.07, 6.45) is 2.91. The van der Waals surface area contributed by atoms with Crippen molar-refractivity contribution < 1.29 is 13.2 Å². The minimum atomic E-state index is -3.43. The fraction of sp³-hybridized carbons (Fsp3) is 0.350. The molecule has 0 spiro atoms. The molecule has 1 fully saturated rings. The highest BCUT2D eigenvalue weighted by Gasteiger charge is 2.25. The Morgan fingerprint density at radius 1 is 1.00 bits per heavy atom. The quantitative estimate of drug-likeness (QED) is 0.798. The summed E-state index contributed by atoms with van der Waals surface area (Å²) in [5.41, 5.74) is 2.53. The third-order valence-corrected chi connectivity index (χ3v) is 6.47. The number of hydrogen-bond acceptors (Lipinski definition) is 4. The van der Waals surface area contributed by atoms with Crippen LogP contribution in [0.25, 0.3) is 0 Å². The van der Waals surface area contributed by atoms with Crippen molar-refractivity contribution in [3.63, 3.8) is 0 Å². The van der Waals surface area contributed by atoms with Crippen molar-refractivity contribution in [3.8, 4) is 0 Å². The molecule has 1 amide bonds. The SMILES string of the molecule is Cc1cccc(NC(=O)CNc2ccc(S(=O)(=O)N3CCCCC3)cc2)c1. The molecule has 6 nitrogen and oxygen atoms in total. The smallest absolute Gasteiger partial charge is 0.243 e. The first-order valence-corrected chi connectivity index (χ1v) is 10.6. The maximum Gasteiger partial charge on any atom is 0.243 e. The molecular weight excluding hydrogens is 362 g/mol. The van der Waals surface area contributed by atoms with Crippen LogP contribution in [0, 0.1) is 6.92 Å². The van der Waals surface area contributed by atoms with Crippen LogP contribution in [0.1, 0.15) is 24.8 Å². The van der Waals surface area contributed by atoms with Crippen molar-refractivity contribution >= 4 is 27.3 Å². The number of nitrogens with zero attached hydrogens (tertiary/aromatic N) is 1. The lowest BCUT2D eigenvalue weighted by molar-refractivity contribution is -0.114. The lowest BCUT2D eigenvalue weighted by atomic mass is 10.2. The first kappa shape index (κ1) is 19.4. The average molecular weight is 388 g/mol. The normalized spacial score (nSPS) is 15.3. The molecule has 0 bridgehead atoms. The number of carbonyl (C=O) groups is 1. The summed E-state index contributed by atoms with van der Waals surface area (Å²) < 4.78 is 26.8. The van der Waals surface area contributed by atoms with Gasteiger partial charge in [-0.15, -0.1) is 0 Å². The van der Waals surface area contributed by atoms with Crippen LogP contribution >= 0.6 is 0 Å². The maximum absolute atomic E-state index is 12.6. The highest BCUT2D eigenvalue weighted by Crippen LogP contribution is 2.22. The van der Waals surface area contributed by atoms with E-state index in [0.29, 0.717) is 23.7 Å². The summed E-state index contributed by atoms with van der Waals surface area (Å²) in [6.45, 7) is 3.24. The summed E-state index contributed by atoms with van der Waals surface area (Å²) in [6, 6.07) is 14.2. The van der Waals surface area contributed by atoms with Crippen molar-refractivity contribution in [2.45, 2.75) is 31.1 Å². The summed E-state index contributed by atoms with van der Waals surface area (Å²) in [5, 5.41) is 5.84. The minimum Gasteiger partial charge on any atom is -0.376 e. The Bertz CT molecular complexity index is 889. The van der Waals surface area contributed by atoms with Gasteiger partial charge in [-0.1, -0.05) is 18.6 Å². The van der Waals surface area contributed by atoms with Crippen LogP contribution in [0.4, 0.5) is 11.4 Å². The van der Waals surface area contributed by atoms with Gasteiger partial charge in [-0.25, -0.2) is 8.42 Å². The zero-order chi connectivity index (χ0) is 19.3. The molecule has 3 rings (SSSR count). The Hall–Kier alpha value is -2.38. The van der Waals surface area contributed by atoms with Crippen LogP contribution < -0.4 is 10.6 Å². The molecule has 0 atom stereocenters. The van der Waals surface area contributed by atoms with E-state index in [2.05, 4.69) is 10.6 Å². The Balaban J connectivity index is 1.56. The number of amides is 1.